The van der Waals surface area contributed by atoms with E-state index in [-0.39, 0.29) is 5.49 Å². The predicted molar refractivity (Wildman–Crippen MR) is 41.9 cm³/mol. The van der Waals surface area contributed by atoms with Crippen molar-refractivity contribution in [1.29, 1.82) is 5.41 Å². The summed E-state index contributed by atoms with van der Waals surface area (Å²) >= 11 is 0. The zero-order valence-corrected chi connectivity index (χ0v) is 6.59. The molecule has 58 valence electrons. The van der Waals surface area contributed by atoms with Crippen LogP contribution in [0.1, 0.15) is 11.1 Å². The maximum atomic E-state index is 10.3. The summed E-state index contributed by atoms with van der Waals surface area (Å²) in [6.07, 6.45) is 2.29. The minimum Gasteiger partial charge on any atom is -0.284 e. The maximum absolute atomic E-state index is 10.3. The maximum Gasteiger partial charge on any atom is 0.219 e. The monoisotopic (exact) mass is 150 g/mol. The molecule has 0 amide bonds. The Morgan fingerprint density at radius 2 is 2.09 bits per heavy atom. The number of nitrogens with zero attached hydrogens (tertiary/aromatic N) is 1. The molecule has 0 aliphatic heterocycles. The first-order valence-corrected chi connectivity index (χ1v) is 3.34. The van der Waals surface area contributed by atoms with Crippen molar-refractivity contribution in [2.24, 2.45) is 0 Å². The number of rotatable bonds is 1. The van der Waals surface area contributed by atoms with Gasteiger partial charge in [-0.25, -0.2) is 0 Å². The summed E-state index contributed by atoms with van der Waals surface area (Å²) < 4.78 is 1.25. The second-order valence-corrected chi connectivity index (χ2v) is 2.54. The van der Waals surface area contributed by atoms with Crippen LogP contribution in [0.4, 0.5) is 0 Å². The van der Waals surface area contributed by atoms with E-state index in [1.807, 2.05) is 13.8 Å². The van der Waals surface area contributed by atoms with Crippen molar-refractivity contribution in [1.82, 2.24) is 4.57 Å². The third kappa shape index (κ3) is 1.37. The van der Waals surface area contributed by atoms with Gasteiger partial charge in [-0.15, -0.1) is 0 Å². The molecule has 0 unspecified atom stereocenters. The van der Waals surface area contributed by atoms with Gasteiger partial charge in [0.25, 0.3) is 0 Å². The molecule has 0 spiro atoms. The Balaban J connectivity index is 3.44. The zero-order valence-electron chi connectivity index (χ0n) is 6.59. The second kappa shape index (κ2) is 2.70. The number of hydrogen-bond donors (Lipinski definition) is 1. The quantitative estimate of drug-likeness (QED) is 0.586. The van der Waals surface area contributed by atoms with E-state index in [1.54, 1.807) is 12.3 Å². The van der Waals surface area contributed by atoms with Crippen molar-refractivity contribution >= 4 is 6.41 Å². The van der Waals surface area contributed by atoms with Gasteiger partial charge >= 0.3 is 0 Å². The summed E-state index contributed by atoms with van der Waals surface area (Å²) in [6.45, 7) is 3.83. The first-order valence-electron chi connectivity index (χ1n) is 3.34. The summed E-state index contributed by atoms with van der Waals surface area (Å²) in [4.78, 5) is 10.3. The molecule has 1 N–H and O–H groups in total. The Morgan fingerprint density at radius 3 is 2.64 bits per heavy atom. The number of hydrogen-bond acceptors (Lipinski definition) is 2. The average molecular weight is 150 g/mol. The first-order chi connectivity index (χ1) is 5.15. The average Bonchev–Trinajstić information content (AvgIpc) is 1.97. The highest BCUT2D eigenvalue weighted by Crippen LogP contribution is 1.99. The van der Waals surface area contributed by atoms with Crippen molar-refractivity contribution in [3.63, 3.8) is 0 Å². The molecule has 0 saturated carbocycles. The molecule has 3 heteroatoms. The Kier molecular flexibility index (Phi) is 1.89. The van der Waals surface area contributed by atoms with Gasteiger partial charge in [0.15, 0.2) is 0 Å². The van der Waals surface area contributed by atoms with E-state index in [2.05, 4.69) is 0 Å². The Bertz CT molecular complexity index is 338. The molecule has 0 radical (unpaired) electrons. The molecular weight excluding hydrogens is 140 g/mol. The number of pyridine rings is 1. The van der Waals surface area contributed by atoms with Crippen LogP contribution < -0.4 is 5.49 Å². The molecule has 0 saturated heterocycles. The van der Waals surface area contributed by atoms with Crippen molar-refractivity contribution in [3.05, 3.63) is 28.9 Å². The normalized spacial score (nSPS) is 9.64. The largest absolute Gasteiger partial charge is 0.284 e. The van der Waals surface area contributed by atoms with Gasteiger partial charge in [-0.3, -0.25) is 14.8 Å². The SMILES string of the molecule is Cc1cc(=N)n(C=O)cc1C. The molecular formula is C8H10N2O. The highest BCUT2D eigenvalue weighted by atomic mass is 16.1. The lowest BCUT2D eigenvalue weighted by molar-refractivity contribution is 0.544. The molecule has 1 aromatic rings. The number of nitrogens with one attached hydrogen (secondary N) is 1. The lowest BCUT2D eigenvalue weighted by Gasteiger charge is -2.01. The summed E-state index contributed by atoms with van der Waals surface area (Å²) in [5, 5.41) is 7.34. The van der Waals surface area contributed by atoms with Gasteiger partial charge < -0.3 is 0 Å². The summed E-state index contributed by atoms with van der Waals surface area (Å²) in [5.41, 5.74) is 2.28. The van der Waals surface area contributed by atoms with Gasteiger partial charge in [-0.2, -0.15) is 0 Å². The standard InChI is InChI=1S/C8H10N2O/c1-6-3-8(9)10(5-11)4-7(6)2/h3-5,9H,1-2H3. The molecule has 1 aromatic heterocycles. The first kappa shape index (κ1) is 7.72. The molecule has 1 heterocycles. The fraction of sp³-hybridized carbons (Fsp3) is 0.250. The fourth-order valence-electron chi connectivity index (χ4n) is 0.861. The molecule has 0 bridgehead atoms. The van der Waals surface area contributed by atoms with Crippen LogP contribution >= 0.6 is 0 Å². The molecule has 1 rings (SSSR count). The van der Waals surface area contributed by atoms with Gasteiger partial charge in [0.1, 0.15) is 5.49 Å². The van der Waals surface area contributed by atoms with E-state index < -0.39 is 0 Å². The Morgan fingerprint density at radius 1 is 1.45 bits per heavy atom. The third-order valence-corrected chi connectivity index (χ3v) is 1.70. The van der Waals surface area contributed by atoms with Crippen LogP contribution in [0.5, 0.6) is 0 Å². The van der Waals surface area contributed by atoms with Gasteiger partial charge in [0.05, 0.1) is 0 Å². The van der Waals surface area contributed by atoms with E-state index in [0.29, 0.717) is 6.41 Å². The van der Waals surface area contributed by atoms with Crippen LogP contribution in [0.25, 0.3) is 0 Å². The predicted octanol–water partition coefficient (Wildman–Crippen LogP) is 0.623. The van der Waals surface area contributed by atoms with Gasteiger partial charge in [0.2, 0.25) is 6.41 Å². The van der Waals surface area contributed by atoms with Crippen LogP contribution in [0.15, 0.2) is 12.3 Å². The lowest BCUT2D eigenvalue weighted by Crippen LogP contribution is -2.19. The van der Waals surface area contributed by atoms with Gasteiger partial charge in [0, 0.05) is 6.20 Å². The van der Waals surface area contributed by atoms with Crippen LogP contribution in [-0.2, 0) is 4.79 Å². The van der Waals surface area contributed by atoms with Crippen molar-refractivity contribution in [2.45, 2.75) is 13.8 Å². The number of aryl methyl sites for hydroxylation is 2. The van der Waals surface area contributed by atoms with Crippen molar-refractivity contribution < 1.29 is 4.79 Å². The minimum absolute atomic E-state index is 0.225. The van der Waals surface area contributed by atoms with Crippen LogP contribution in [0.3, 0.4) is 0 Å². The number of carbonyl (C=O) groups is 1. The molecule has 0 aliphatic carbocycles. The molecule has 0 aliphatic rings. The molecule has 0 atom stereocenters. The van der Waals surface area contributed by atoms with Gasteiger partial charge in [-0.05, 0) is 31.0 Å². The Hall–Kier alpha value is -1.38. The minimum atomic E-state index is 0.225. The third-order valence-electron chi connectivity index (χ3n) is 1.70. The summed E-state index contributed by atoms with van der Waals surface area (Å²) in [6, 6.07) is 1.67. The molecule has 3 nitrogen and oxygen atoms in total. The van der Waals surface area contributed by atoms with E-state index in [1.165, 1.54) is 4.57 Å². The second-order valence-electron chi connectivity index (χ2n) is 2.54. The molecule has 0 fully saturated rings. The van der Waals surface area contributed by atoms with E-state index in [4.69, 9.17) is 5.41 Å². The molecule has 11 heavy (non-hydrogen) atoms. The van der Waals surface area contributed by atoms with Crippen LogP contribution in [0.2, 0.25) is 0 Å². The van der Waals surface area contributed by atoms with E-state index in [9.17, 15) is 4.79 Å². The highest BCUT2D eigenvalue weighted by Gasteiger charge is 1.94. The number of aromatic nitrogens is 1. The Labute approximate surface area is 64.8 Å². The zero-order chi connectivity index (χ0) is 8.43. The lowest BCUT2D eigenvalue weighted by atomic mass is 10.2. The highest BCUT2D eigenvalue weighted by molar-refractivity contribution is 5.52. The topological polar surface area (TPSA) is 45.9 Å². The van der Waals surface area contributed by atoms with Crippen molar-refractivity contribution in [2.75, 3.05) is 0 Å². The molecule has 0 aromatic carbocycles. The van der Waals surface area contributed by atoms with Crippen molar-refractivity contribution in [3.8, 4) is 0 Å². The van der Waals surface area contributed by atoms with E-state index in [0.717, 1.165) is 11.1 Å². The summed E-state index contributed by atoms with van der Waals surface area (Å²) in [5.74, 6) is 0. The fourth-order valence-corrected chi connectivity index (χ4v) is 0.861. The van der Waals surface area contributed by atoms with Gasteiger partial charge in [-0.1, -0.05) is 0 Å². The summed E-state index contributed by atoms with van der Waals surface area (Å²) in [7, 11) is 0. The van der Waals surface area contributed by atoms with Crippen LogP contribution in [0, 0.1) is 19.3 Å². The van der Waals surface area contributed by atoms with Crippen LogP contribution in [-0.4, -0.2) is 11.0 Å². The van der Waals surface area contributed by atoms with E-state index >= 15 is 0 Å². The smallest absolute Gasteiger partial charge is 0.219 e. The number of carbonyl (C=O) groups excluding carboxylic acids is 1.